The highest BCUT2D eigenvalue weighted by Gasteiger charge is 2.64. The maximum atomic E-state index is 11.8. The van der Waals surface area contributed by atoms with Crippen LogP contribution < -0.4 is 16.4 Å². The molecule has 1 atom stereocenters. The Balaban J connectivity index is 2.41. The van der Waals surface area contributed by atoms with E-state index in [4.69, 9.17) is 10.8 Å². The molecule has 1 fully saturated rings. The molecule has 1 unspecified atom stereocenters. The summed E-state index contributed by atoms with van der Waals surface area (Å²) in [6.07, 6.45) is -0.0988. The van der Waals surface area contributed by atoms with Gasteiger partial charge in [-0.1, -0.05) is 27.7 Å². The number of rotatable bonds is 7. The van der Waals surface area contributed by atoms with E-state index in [-0.39, 0.29) is 23.7 Å². The Bertz CT molecular complexity index is 432. The third kappa shape index (κ3) is 3.86. The summed E-state index contributed by atoms with van der Waals surface area (Å²) in [6.45, 7) is 9.07. The summed E-state index contributed by atoms with van der Waals surface area (Å²) < 4.78 is 0. The van der Waals surface area contributed by atoms with Crippen LogP contribution in [-0.4, -0.2) is 35.6 Å². The minimum absolute atomic E-state index is 0.0154. The van der Waals surface area contributed by atoms with Crippen LogP contribution in [0.15, 0.2) is 0 Å². The van der Waals surface area contributed by atoms with Gasteiger partial charge < -0.3 is 21.5 Å². The van der Waals surface area contributed by atoms with Crippen molar-refractivity contribution >= 4 is 17.9 Å². The molecule has 5 N–H and O–H groups in total. The van der Waals surface area contributed by atoms with E-state index in [9.17, 15) is 14.4 Å². The second-order valence-corrected chi connectivity index (χ2v) is 6.75. The second kappa shape index (κ2) is 5.91. The van der Waals surface area contributed by atoms with E-state index >= 15 is 0 Å². The second-order valence-electron chi connectivity index (χ2n) is 6.75. The molecule has 0 aromatic heterocycles. The lowest BCUT2D eigenvalue weighted by molar-refractivity contribution is -0.139. The van der Waals surface area contributed by atoms with Crippen LogP contribution in [0.2, 0.25) is 0 Å². The minimum atomic E-state index is -1.18. The topological polar surface area (TPSA) is 122 Å². The van der Waals surface area contributed by atoms with Crippen molar-refractivity contribution in [3.05, 3.63) is 0 Å². The van der Waals surface area contributed by atoms with Crippen LogP contribution in [0.4, 0.5) is 4.79 Å². The van der Waals surface area contributed by atoms with Crippen molar-refractivity contribution in [3.63, 3.8) is 0 Å². The van der Waals surface area contributed by atoms with Crippen molar-refractivity contribution in [2.75, 3.05) is 6.54 Å². The molecule has 0 aromatic rings. The summed E-state index contributed by atoms with van der Waals surface area (Å²) in [5.74, 6) is -1.42. The van der Waals surface area contributed by atoms with Crippen LogP contribution in [-0.2, 0) is 9.59 Å². The van der Waals surface area contributed by atoms with Crippen LogP contribution in [0.25, 0.3) is 0 Å². The van der Waals surface area contributed by atoms with E-state index in [1.165, 1.54) is 0 Å². The first kappa shape index (κ1) is 17.3. The first-order chi connectivity index (χ1) is 9.50. The molecule has 0 heterocycles. The fourth-order valence-electron chi connectivity index (χ4n) is 2.79. The molecule has 0 aliphatic heterocycles. The predicted molar refractivity (Wildman–Crippen MR) is 77.4 cm³/mol. The van der Waals surface area contributed by atoms with E-state index in [0.29, 0.717) is 12.5 Å². The molecule has 1 saturated carbocycles. The number of nitrogens with two attached hydrogens (primary N) is 1. The number of nitrogens with one attached hydrogen (secondary N) is 2. The minimum Gasteiger partial charge on any atom is -0.480 e. The summed E-state index contributed by atoms with van der Waals surface area (Å²) in [7, 11) is 0. The van der Waals surface area contributed by atoms with E-state index in [1.807, 2.05) is 0 Å². The van der Waals surface area contributed by atoms with Gasteiger partial charge in [0, 0.05) is 13.0 Å². The molecule has 7 nitrogen and oxygen atoms in total. The first-order valence-electron chi connectivity index (χ1n) is 7.05. The Hall–Kier alpha value is -1.79. The maximum Gasteiger partial charge on any atom is 0.326 e. The fourth-order valence-corrected chi connectivity index (χ4v) is 2.79. The third-order valence-corrected chi connectivity index (χ3v) is 5.07. The number of carbonyl (C=O) groups excluding carboxylic acids is 2. The van der Waals surface area contributed by atoms with Crippen LogP contribution >= 0.6 is 0 Å². The molecule has 7 heteroatoms. The van der Waals surface area contributed by atoms with Crippen molar-refractivity contribution in [1.29, 1.82) is 0 Å². The third-order valence-electron chi connectivity index (χ3n) is 5.07. The number of aliphatic carboxylic acids is 1. The molecule has 1 aliphatic rings. The number of carbonyl (C=O) groups is 3. The highest BCUT2D eigenvalue weighted by molar-refractivity contribution is 5.83. The zero-order valence-corrected chi connectivity index (χ0v) is 13.0. The summed E-state index contributed by atoms with van der Waals surface area (Å²) in [4.78, 5) is 33.4. The molecule has 21 heavy (non-hydrogen) atoms. The highest BCUT2D eigenvalue weighted by atomic mass is 16.4. The summed E-state index contributed by atoms with van der Waals surface area (Å²) >= 11 is 0. The van der Waals surface area contributed by atoms with Crippen molar-refractivity contribution in [1.82, 2.24) is 10.6 Å². The smallest absolute Gasteiger partial charge is 0.326 e. The number of primary amides is 1. The molecule has 1 rings (SSSR count). The van der Waals surface area contributed by atoms with Crippen LogP contribution in [0.3, 0.4) is 0 Å². The van der Waals surface area contributed by atoms with Gasteiger partial charge in [0.05, 0.1) is 0 Å². The molecule has 0 saturated heterocycles. The average molecular weight is 299 g/mol. The van der Waals surface area contributed by atoms with Gasteiger partial charge in [-0.15, -0.1) is 0 Å². The van der Waals surface area contributed by atoms with Crippen molar-refractivity contribution in [2.45, 2.75) is 46.6 Å². The lowest BCUT2D eigenvalue weighted by Gasteiger charge is -2.14. The van der Waals surface area contributed by atoms with Gasteiger partial charge in [0.25, 0.3) is 0 Å². The maximum absolute atomic E-state index is 11.8. The van der Waals surface area contributed by atoms with Crippen molar-refractivity contribution < 1.29 is 19.5 Å². The summed E-state index contributed by atoms with van der Waals surface area (Å²) in [5.41, 5.74) is 5.28. The first-order valence-corrected chi connectivity index (χ1v) is 7.05. The van der Waals surface area contributed by atoms with E-state index in [2.05, 4.69) is 38.3 Å². The van der Waals surface area contributed by atoms with Gasteiger partial charge in [-0.2, -0.15) is 0 Å². The quantitative estimate of drug-likeness (QED) is 0.552. The van der Waals surface area contributed by atoms with E-state index in [1.54, 1.807) is 0 Å². The lowest BCUT2D eigenvalue weighted by atomic mass is 10.0. The van der Waals surface area contributed by atoms with E-state index < -0.39 is 23.9 Å². The average Bonchev–Trinajstić information content (AvgIpc) is 2.72. The molecular weight excluding hydrogens is 274 g/mol. The van der Waals surface area contributed by atoms with Crippen LogP contribution in [0.1, 0.15) is 40.5 Å². The molecule has 0 radical (unpaired) electrons. The Morgan fingerprint density at radius 3 is 2.10 bits per heavy atom. The zero-order valence-electron chi connectivity index (χ0n) is 13.0. The monoisotopic (exact) mass is 299 g/mol. The van der Waals surface area contributed by atoms with Gasteiger partial charge in [0.2, 0.25) is 5.91 Å². The Kier molecular flexibility index (Phi) is 4.86. The van der Waals surface area contributed by atoms with Crippen molar-refractivity contribution in [3.8, 4) is 0 Å². The number of hydrogen-bond donors (Lipinski definition) is 4. The number of urea groups is 1. The largest absolute Gasteiger partial charge is 0.480 e. The number of carboxylic acid groups (broad SMARTS) is 1. The molecule has 3 amide bonds. The van der Waals surface area contributed by atoms with Gasteiger partial charge in [-0.05, 0) is 23.2 Å². The molecule has 1 aliphatic carbocycles. The van der Waals surface area contributed by atoms with Gasteiger partial charge in [-0.25, -0.2) is 9.59 Å². The molecule has 120 valence electrons. The fraction of sp³-hybridized carbons (Fsp3) is 0.786. The Morgan fingerprint density at radius 1 is 1.19 bits per heavy atom. The predicted octanol–water partition coefficient (Wildman–Crippen LogP) is 0.687. The van der Waals surface area contributed by atoms with Gasteiger partial charge in [0.15, 0.2) is 0 Å². The van der Waals surface area contributed by atoms with E-state index in [0.717, 1.165) is 0 Å². The highest BCUT2D eigenvalue weighted by Crippen LogP contribution is 2.67. The lowest BCUT2D eigenvalue weighted by Crippen LogP contribution is -2.47. The molecule has 0 bridgehead atoms. The zero-order chi connectivity index (χ0) is 16.4. The number of hydrogen-bond acceptors (Lipinski definition) is 3. The summed E-state index contributed by atoms with van der Waals surface area (Å²) in [6, 6.07) is -1.65. The van der Waals surface area contributed by atoms with Crippen molar-refractivity contribution in [2.24, 2.45) is 22.5 Å². The van der Waals surface area contributed by atoms with Gasteiger partial charge in [-0.3, -0.25) is 4.79 Å². The van der Waals surface area contributed by atoms with Gasteiger partial charge >= 0.3 is 12.0 Å². The van der Waals surface area contributed by atoms with Crippen LogP contribution in [0.5, 0.6) is 0 Å². The number of amides is 3. The standard InChI is InChI=1S/C14H25N3O4/c1-13(2)9(14(13,3)4)7-16-12(21)17-8(11(19)20)5-6-10(15)18/h8-9H,5-7H2,1-4H3,(H2,15,18)(H,19,20)(H2,16,17,21). The number of carboxylic acids is 1. The Morgan fingerprint density at radius 2 is 1.71 bits per heavy atom. The molecule has 0 spiro atoms. The molecule has 0 aromatic carbocycles. The molecular formula is C14H25N3O4. The van der Waals surface area contributed by atoms with Crippen LogP contribution in [0, 0.1) is 16.7 Å². The SMILES string of the molecule is CC1(C)C(CNC(=O)NC(CCC(N)=O)C(=O)O)C1(C)C. The normalized spacial score (nSPS) is 20.4. The summed E-state index contributed by atoms with van der Waals surface area (Å²) in [5, 5.41) is 14.0. The Labute approximate surface area is 124 Å². The van der Waals surface area contributed by atoms with Gasteiger partial charge in [0.1, 0.15) is 6.04 Å².